The summed E-state index contributed by atoms with van der Waals surface area (Å²) in [7, 11) is 0. The topological polar surface area (TPSA) is 128 Å². The van der Waals surface area contributed by atoms with Crippen molar-refractivity contribution in [3.63, 3.8) is 0 Å². The number of benzene rings is 2. The molecule has 0 aliphatic carbocycles. The fraction of sp³-hybridized carbons (Fsp3) is 0.320. The fourth-order valence-electron chi connectivity index (χ4n) is 4.29. The Balaban J connectivity index is 1.53. The van der Waals surface area contributed by atoms with Crippen molar-refractivity contribution in [2.75, 3.05) is 10.6 Å². The zero-order valence-electron chi connectivity index (χ0n) is 20.1. The number of nitrogens with one attached hydrogen (secondary N) is 4. The lowest BCUT2D eigenvalue weighted by Crippen LogP contribution is -2.19. The number of anilines is 2. The second kappa shape index (κ2) is 9.99. The summed E-state index contributed by atoms with van der Waals surface area (Å²) in [6, 6.07) is 12.7. The van der Waals surface area contributed by atoms with Crippen LogP contribution in [0.1, 0.15) is 51.0 Å². The molecule has 2 aromatic heterocycles. The molecule has 9 nitrogen and oxygen atoms in total. The molecule has 2 aromatic carbocycles. The average Bonchev–Trinajstić information content (AvgIpc) is 3.44. The number of carbonyl (C=O) groups excluding carboxylic acids is 2. The highest BCUT2D eigenvalue weighted by Gasteiger charge is 2.19. The van der Waals surface area contributed by atoms with Gasteiger partial charge in [0.05, 0.1) is 16.9 Å². The van der Waals surface area contributed by atoms with Gasteiger partial charge in [-0.05, 0) is 53.3 Å². The van der Waals surface area contributed by atoms with Gasteiger partial charge in [-0.25, -0.2) is 0 Å². The summed E-state index contributed by atoms with van der Waals surface area (Å²) < 4.78 is 0.818. The van der Waals surface area contributed by atoms with Crippen molar-refractivity contribution in [2.24, 2.45) is 11.3 Å². The zero-order valence-corrected chi connectivity index (χ0v) is 21.7. The maximum atomic E-state index is 13.1. The number of hydrogen-bond donors (Lipinski definition) is 4. The highest BCUT2D eigenvalue weighted by atomic mass is 79.9. The highest BCUT2D eigenvalue weighted by molar-refractivity contribution is 9.10. The molecule has 2 heterocycles. The third kappa shape index (κ3) is 6.13. The van der Waals surface area contributed by atoms with Crippen LogP contribution in [0.2, 0.25) is 0 Å². The molecule has 182 valence electrons. The van der Waals surface area contributed by atoms with Crippen LogP contribution in [0.5, 0.6) is 0 Å². The van der Waals surface area contributed by atoms with E-state index in [4.69, 9.17) is 0 Å². The van der Waals surface area contributed by atoms with Crippen LogP contribution in [0.15, 0.2) is 46.9 Å². The molecule has 2 amide bonds. The Morgan fingerprint density at radius 1 is 1.09 bits per heavy atom. The predicted molar refractivity (Wildman–Crippen MR) is 140 cm³/mol. The Labute approximate surface area is 211 Å². The van der Waals surface area contributed by atoms with Gasteiger partial charge in [0, 0.05) is 21.8 Å². The van der Waals surface area contributed by atoms with E-state index in [-0.39, 0.29) is 23.1 Å². The normalized spacial score (nSPS) is 12.5. The van der Waals surface area contributed by atoms with Gasteiger partial charge in [0.2, 0.25) is 11.7 Å². The van der Waals surface area contributed by atoms with Crippen LogP contribution in [-0.4, -0.2) is 37.4 Å². The van der Waals surface area contributed by atoms with E-state index in [9.17, 15) is 9.59 Å². The van der Waals surface area contributed by atoms with Crippen LogP contribution in [0.4, 0.5) is 11.4 Å². The molecule has 4 N–H and O–H groups in total. The first-order valence-electron chi connectivity index (χ1n) is 11.4. The van der Waals surface area contributed by atoms with Crippen molar-refractivity contribution in [1.82, 2.24) is 25.6 Å². The van der Waals surface area contributed by atoms with E-state index in [1.165, 1.54) is 0 Å². The second-order valence-electron chi connectivity index (χ2n) is 9.95. The number of nitrogens with zero attached hydrogens (tertiary/aromatic N) is 3. The first-order valence-corrected chi connectivity index (χ1v) is 12.1. The number of para-hydroxylation sites is 1. The van der Waals surface area contributed by atoms with E-state index in [1.54, 1.807) is 18.2 Å². The first-order chi connectivity index (χ1) is 16.6. The van der Waals surface area contributed by atoms with Gasteiger partial charge in [0.25, 0.3) is 5.91 Å². The van der Waals surface area contributed by atoms with E-state index >= 15 is 0 Å². The average molecular weight is 538 g/mol. The molecule has 0 aliphatic rings. The molecule has 0 saturated heterocycles. The second-order valence-corrected chi connectivity index (χ2v) is 10.9. The third-order valence-electron chi connectivity index (χ3n) is 5.49. The van der Waals surface area contributed by atoms with E-state index in [1.807, 2.05) is 24.3 Å². The van der Waals surface area contributed by atoms with Crippen LogP contribution in [0.25, 0.3) is 22.3 Å². The summed E-state index contributed by atoms with van der Waals surface area (Å²) in [5.74, 6) is 0.251. The van der Waals surface area contributed by atoms with E-state index in [0.29, 0.717) is 40.4 Å². The molecule has 4 aromatic rings. The Hall–Kier alpha value is -3.53. The summed E-state index contributed by atoms with van der Waals surface area (Å²) in [6.07, 6.45) is 1.39. The number of H-pyrrole nitrogens is 2. The standard InChI is InChI=1S/C25H28BrN7O2/c1-14(13-25(2,3)4)10-21(34)27-19-7-5-6-15-11-20(28-22(15)19)24(35)29-18-9-8-16(26)12-17(18)23-30-32-33-31-23/h5-9,11-12,14,28H,10,13H2,1-4H3,(H,27,34)(H,29,35)(H,30,31,32,33). The molecule has 0 spiro atoms. The molecular weight excluding hydrogens is 510 g/mol. The molecule has 10 heteroatoms. The lowest BCUT2D eigenvalue weighted by atomic mass is 9.84. The number of aromatic amines is 2. The maximum Gasteiger partial charge on any atom is 0.272 e. The fourth-order valence-corrected chi connectivity index (χ4v) is 4.66. The maximum absolute atomic E-state index is 13.1. The van der Waals surface area contributed by atoms with Crippen LogP contribution < -0.4 is 10.6 Å². The Morgan fingerprint density at radius 2 is 1.89 bits per heavy atom. The summed E-state index contributed by atoms with van der Waals surface area (Å²) in [5, 5.41) is 20.8. The molecule has 0 radical (unpaired) electrons. The van der Waals surface area contributed by atoms with Gasteiger partial charge in [-0.3, -0.25) is 9.59 Å². The summed E-state index contributed by atoms with van der Waals surface area (Å²) >= 11 is 3.43. The summed E-state index contributed by atoms with van der Waals surface area (Å²) in [6.45, 7) is 8.61. The predicted octanol–water partition coefficient (Wildman–Crippen LogP) is 5.76. The van der Waals surface area contributed by atoms with E-state index in [2.05, 4.69) is 79.9 Å². The van der Waals surface area contributed by atoms with E-state index < -0.39 is 0 Å². The molecular formula is C25H28BrN7O2. The molecule has 0 bridgehead atoms. The number of hydrogen-bond acceptors (Lipinski definition) is 5. The number of tetrazole rings is 1. The van der Waals surface area contributed by atoms with Crippen molar-refractivity contribution >= 4 is 50.0 Å². The van der Waals surface area contributed by atoms with Gasteiger partial charge in [-0.1, -0.05) is 55.8 Å². The minimum Gasteiger partial charge on any atom is -0.349 e. The quantitative estimate of drug-likeness (QED) is 0.238. The smallest absolute Gasteiger partial charge is 0.272 e. The molecule has 0 saturated carbocycles. The minimum absolute atomic E-state index is 0.0468. The van der Waals surface area contributed by atoms with Crippen molar-refractivity contribution in [1.29, 1.82) is 0 Å². The van der Waals surface area contributed by atoms with Crippen molar-refractivity contribution in [2.45, 2.75) is 40.5 Å². The lowest BCUT2D eigenvalue weighted by Gasteiger charge is -2.22. The summed E-state index contributed by atoms with van der Waals surface area (Å²) in [4.78, 5) is 28.9. The largest absolute Gasteiger partial charge is 0.349 e. The number of carbonyl (C=O) groups is 2. The van der Waals surface area contributed by atoms with Gasteiger partial charge in [0.1, 0.15) is 5.69 Å². The molecule has 0 fully saturated rings. The number of rotatable bonds is 7. The SMILES string of the molecule is CC(CC(=O)Nc1cccc2cc(C(=O)Nc3ccc(Br)cc3-c3nn[nH]n3)[nH]c12)CC(C)(C)C. The Bertz CT molecular complexity index is 1360. The van der Waals surface area contributed by atoms with Crippen molar-refractivity contribution in [3.8, 4) is 11.4 Å². The molecule has 1 atom stereocenters. The molecule has 0 aliphatic heterocycles. The minimum atomic E-state index is -0.329. The third-order valence-corrected chi connectivity index (χ3v) is 5.98. The van der Waals surface area contributed by atoms with Crippen LogP contribution in [-0.2, 0) is 4.79 Å². The van der Waals surface area contributed by atoms with E-state index in [0.717, 1.165) is 16.3 Å². The van der Waals surface area contributed by atoms with Gasteiger partial charge < -0.3 is 15.6 Å². The van der Waals surface area contributed by atoms with Gasteiger partial charge >= 0.3 is 0 Å². The summed E-state index contributed by atoms with van der Waals surface area (Å²) in [5.41, 5.74) is 3.04. The van der Waals surface area contributed by atoms with Crippen LogP contribution >= 0.6 is 15.9 Å². The van der Waals surface area contributed by atoms with Gasteiger partial charge in [-0.2, -0.15) is 5.21 Å². The molecule has 35 heavy (non-hydrogen) atoms. The number of amides is 2. The molecule has 4 rings (SSSR count). The van der Waals surface area contributed by atoms with Crippen LogP contribution in [0.3, 0.4) is 0 Å². The first kappa shape index (κ1) is 24.6. The Kier molecular flexibility index (Phi) is 7.02. The monoisotopic (exact) mass is 537 g/mol. The number of fused-ring (bicyclic) bond motifs is 1. The number of aromatic nitrogens is 5. The molecule has 1 unspecified atom stereocenters. The van der Waals surface area contributed by atoms with Crippen molar-refractivity contribution < 1.29 is 9.59 Å². The highest BCUT2D eigenvalue weighted by Crippen LogP contribution is 2.30. The van der Waals surface area contributed by atoms with Crippen LogP contribution in [0, 0.1) is 11.3 Å². The lowest BCUT2D eigenvalue weighted by molar-refractivity contribution is -0.117. The van der Waals surface area contributed by atoms with Gasteiger partial charge in [-0.15, -0.1) is 10.2 Å². The van der Waals surface area contributed by atoms with Gasteiger partial charge in [0.15, 0.2) is 0 Å². The zero-order chi connectivity index (χ0) is 25.2. The van der Waals surface area contributed by atoms with Crippen molar-refractivity contribution in [3.05, 3.63) is 52.6 Å². The Morgan fingerprint density at radius 3 is 2.60 bits per heavy atom. The number of halogens is 1.